The summed E-state index contributed by atoms with van der Waals surface area (Å²) in [5.41, 5.74) is 0. The second-order valence-electron chi connectivity index (χ2n) is 6.32. The highest BCUT2D eigenvalue weighted by Crippen LogP contribution is 2.36. The zero-order valence-corrected chi connectivity index (χ0v) is 14.0. The monoisotopic (exact) mass is 338 g/mol. The molecule has 2 unspecified atom stereocenters. The van der Waals surface area contributed by atoms with Gasteiger partial charge in [-0.2, -0.15) is 0 Å². The number of nitrogens with zero attached hydrogens (tertiary/aromatic N) is 4. The largest absolute Gasteiger partial charge is 0.335 e. The van der Waals surface area contributed by atoms with E-state index in [0.717, 1.165) is 32.1 Å². The van der Waals surface area contributed by atoms with Crippen LogP contribution in [0.15, 0.2) is 5.16 Å². The van der Waals surface area contributed by atoms with Gasteiger partial charge in [-0.1, -0.05) is 31.5 Å². The fraction of sp³-hybridized carbons (Fsp3) is 0.786. The molecule has 1 aromatic heterocycles. The molecule has 3 amide bonds. The summed E-state index contributed by atoms with van der Waals surface area (Å²) in [4.78, 5) is 23.8. The van der Waals surface area contributed by atoms with Crippen molar-refractivity contribution in [1.82, 2.24) is 30.8 Å². The SMILES string of the molecule is CC1CCCCC1NC(=O)NC(=O)CSc1nnnn1C1CC1. The van der Waals surface area contributed by atoms with Gasteiger partial charge in [0.25, 0.3) is 0 Å². The second-order valence-corrected chi connectivity index (χ2v) is 7.26. The molecule has 0 spiro atoms. The topological polar surface area (TPSA) is 102 Å². The summed E-state index contributed by atoms with van der Waals surface area (Å²) in [6.07, 6.45) is 6.60. The number of hydrogen-bond acceptors (Lipinski definition) is 6. The maximum Gasteiger partial charge on any atom is 0.321 e. The van der Waals surface area contributed by atoms with Crippen LogP contribution in [0.3, 0.4) is 0 Å². The number of imide groups is 1. The summed E-state index contributed by atoms with van der Waals surface area (Å²) in [6, 6.07) is 0.120. The molecular weight excluding hydrogens is 316 g/mol. The lowest BCUT2D eigenvalue weighted by Gasteiger charge is -2.29. The number of rotatable bonds is 5. The number of tetrazole rings is 1. The van der Waals surface area contributed by atoms with Crippen LogP contribution in [0, 0.1) is 5.92 Å². The molecule has 0 saturated heterocycles. The third kappa shape index (κ3) is 4.43. The van der Waals surface area contributed by atoms with E-state index in [1.807, 2.05) is 0 Å². The fourth-order valence-electron chi connectivity index (χ4n) is 2.86. The Morgan fingerprint density at radius 1 is 1.26 bits per heavy atom. The zero-order chi connectivity index (χ0) is 16.2. The van der Waals surface area contributed by atoms with Crippen molar-refractivity contribution >= 4 is 23.7 Å². The molecule has 126 valence electrons. The number of aromatic nitrogens is 4. The lowest BCUT2D eigenvalue weighted by molar-refractivity contribution is -0.117. The Morgan fingerprint density at radius 3 is 2.78 bits per heavy atom. The highest BCUT2D eigenvalue weighted by molar-refractivity contribution is 7.99. The molecule has 1 heterocycles. The predicted octanol–water partition coefficient (Wildman–Crippen LogP) is 1.50. The first-order valence-electron chi connectivity index (χ1n) is 8.14. The van der Waals surface area contributed by atoms with E-state index in [1.54, 1.807) is 4.68 Å². The van der Waals surface area contributed by atoms with Crippen LogP contribution in [0.4, 0.5) is 4.79 Å². The van der Waals surface area contributed by atoms with E-state index in [2.05, 4.69) is 33.1 Å². The molecule has 0 bridgehead atoms. The average Bonchev–Trinajstić information content (AvgIpc) is 3.26. The van der Waals surface area contributed by atoms with Gasteiger partial charge >= 0.3 is 6.03 Å². The van der Waals surface area contributed by atoms with E-state index >= 15 is 0 Å². The van der Waals surface area contributed by atoms with Crippen molar-refractivity contribution in [3.05, 3.63) is 0 Å². The molecule has 2 fully saturated rings. The first-order chi connectivity index (χ1) is 11.1. The molecule has 0 aliphatic heterocycles. The van der Waals surface area contributed by atoms with Gasteiger partial charge < -0.3 is 5.32 Å². The molecular formula is C14H22N6O2S. The molecule has 2 aliphatic carbocycles. The maximum atomic E-state index is 11.9. The molecule has 2 N–H and O–H groups in total. The van der Waals surface area contributed by atoms with E-state index < -0.39 is 6.03 Å². The van der Waals surface area contributed by atoms with Crippen molar-refractivity contribution in [2.75, 3.05) is 5.75 Å². The minimum Gasteiger partial charge on any atom is -0.335 e. The van der Waals surface area contributed by atoms with Crippen molar-refractivity contribution in [2.24, 2.45) is 5.92 Å². The lowest BCUT2D eigenvalue weighted by Crippen LogP contribution is -2.48. The van der Waals surface area contributed by atoms with Gasteiger partial charge in [0.2, 0.25) is 11.1 Å². The van der Waals surface area contributed by atoms with E-state index in [9.17, 15) is 9.59 Å². The number of urea groups is 1. The number of hydrogen-bond donors (Lipinski definition) is 2. The fourth-order valence-corrected chi connectivity index (χ4v) is 3.60. The van der Waals surface area contributed by atoms with Crippen molar-refractivity contribution in [3.8, 4) is 0 Å². The second kappa shape index (κ2) is 7.29. The van der Waals surface area contributed by atoms with Crippen molar-refractivity contribution < 1.29 is 9.59 Å². The van der Waals surface area contributed by atoms with E-state index in [0.29, 0.717) is 17.1 Å². The molecule has 1 aromatic rings. The van der Waals surface area contributed by atoms with Gasteiger partial charge in [0, 0.05) is 6.04 Å². The van der Waals surface area contributed by atoms with Crippen molar-refractivity contribution in [3.63, 3.8) is 0 Å². The highest BCUT2D eigenvalue weighted by atomic mass is 32.2. The molecule has 2 aliphatic rings. The summed E-state index contributed by atoms with van der Waals surface area (Å²) >= 11 is 1.25. The van der Waals surface area contributed by atoms with Gasteiger partial charge in [-0.15, -0.1) is 5.10 Å². The maximum absolute atomic E-state index is 11.9. The standard InChI is InChI=1S/C14H22N6O2S/c1-9-4-2-3-5-11(9)15-13(22)16-12(21)8-23-14-17-18-19-20(14)10-6-7-10/h9-11H,2-8H2,1H3,(H2,15,16,21,22). The Labute approximate surface area is 139 Å². The van der Waals surface area contributed by atoms with Crippen molar-refractivity contribution in [1.29, 1.82) is 0 Å². The summed E-state index contributed by atoms with van der Waals surface area (Å²) < 4.78 is 1.75. The smallest absolute Gasteiger partial charge is 0.321 e. The third-order valence-electron chi connectivity index (χ3n) is 4.37. The first kappa shape index (κ1) is 16.2. The Hall–Kier alpha value is -1.64. The molecule has 0 radical (unpaired) electrons. The average molecular weight is 338 g/mol. The summed E-state index contributed by atoms with van der Waals surface area (Å²) in [6.45, 7) is 2.14. The number of amides is 3. The Kier molecular flexibility index (Phi) is 5.14. The van der Waals surface area contributed by atoms with Crippen LogP contribution in [0.5, 0.6) is 0 Å². The summed E-state index contributed by atoms with van der Waals surface area (Å²) in [5, 5.41) is 17.4. The van der Waals surface area contributed by atoms with Crippen LogP contribution in [0.25, 0.3) is 0 Å². The predicted molar refractivity (Wildman–Crippen MR) is 84.9 cm³/mol. The van der Waals surface area contributed by atoms with Crippen LogP contribution in [0.1, 0.15) is 51.5 Å². The molecule has 9 heteroatoms. The Morgan fingerprint density at radius 2 is 2.04 bits per heavy atom. The molecule has 8 nitrogen and oxygen atoms in total. The van der Waals surface area contributed by atoms with Crippen LogP contribution < -0.4 is 10.6 Å². The normalized spacial score (nSPS) is 24.2. The number of carbonyl (C=O) groups excluding carboxylic acids is 2. The van der Waals surface area contributed by atoms with Gasteiger partial charge in [0.15, 0.2) is 0 Å². The van der Waals surface area contributed by atoms with E-state index in [4.69, 9.17) is 0 Å². The molecule has 3 rings (SSSR count). The zero-order valence-electron chi connectivity index (χ0n) is 13.2. The minimum absolute atomic E-state index is 0.126. The van der Waals surface area contributed by atoms with Crippen LogP contribution in [-0.4, -0.2) is 43.9 Å². The molecule has 0 aromatic carbocycles. The lowest BCUT2D eigenvalue weighted by atomic mass is 9.86. The quantitative estimate of drug-likeness (QED) is 0.789. The minimum atomic E-state index is -0.406. The molecule has 2 saturated carbocycles. The van der Waals surface area contributed by atoms with Gasteiger partial charge in [-0.25, -0.2) is 9.48 Å². The Bertz CT molecular complexity index is 573. The highest BCUT2D eigenvalue weighted by Gasteiger charge is 2.28. The summed E-state index contributed by atoms with van der Waals surface area (Å²) in [7, 11) is 0. The van der Waals surface area contributed by atoms with Crippen LogP contribution in [-0.2, 0) is 4.79 Å². The third-order valence-corrected chi connectivity index (χ3v) is 5.30. The van der Waals surface area contributed by atoms with Gasteiger partial charge in [0.05, 0.1) is 11.8 Å². The summed E-state index contributed by atoms with van der Waals surface area (Å²) in [5.74, 6) is 0.254. The van der Waals surface area contributed by atoms with Gasteiger partial charge in [-0.05, 0) is 42.0 Å². The Balaban J connectivity index is 1.41. The van der Waals surface area contributed by atoms with E-state index in [-0.39, 0.29) is 17.7 Å². The number of thioether (sulfide) groups is 1. The molecule has 2 atom stereocenters. The van der Waals surface area contributed by atoms with Crippen LogP contribution in [0.2, 0.25) is 0 Å². The van der Waals surface area contributed by atoms with Gasteiger partial charge in [-0.3, -0.25) is 10.1 Å². The van der Waals surface area contributed by atoms with E-state index in [1.165, 1.54) is 18.2 Å². The van der Waals surface area contributed by atoms with Gasteiger partial charge in [0.1, 0.15) is 0 Å². The molecule has 23 heavy (non-hydrogen) atoms. The first-order valence-corrected chi connectivity index (χ1v) is 9.13. The number of carbonyl (C=O) groups is 2. The number of nitrogens with one attached hydrogen (secondary N) is 2. The van der Waals surface area contributed by atoms with Crippen molar-refractivity contribution in [2.45, 2.75) is 62.7 Å². The van der Waals surface area contributed by atoms with Crippen LogP contribution >= 0.6 is 11.8 Å².